The van der Waals surface area contributed by atoms with E-state index in [-0.39, 0.29) is 12.0 Å². The summed E-state index contributed by atoms with van der Waals surface area (Å²) in [7, 11) is 0. The summed E-state index contributed by atoms with van der Waals surface area (Å²) in [4.78, 5) is 2.50. The molecule has 0 saturated carbocycles. The second-order valence-electron chi connectivity index (χ2n) is 6.80. The Kier molecular flexibility index (Phi) is 4.64. The van der Waals surface area contributed by atoms with Crippen LogP contribution < -0.4 is 0 Å². The van der Waals surface area contributed by atoms with Crippen LogP contribution in [0.5, 0.6) is 0 Å². The van der Waals surface area contributed by atoms with E-state index >= 15 is 0 Å². The number of piperidine rings is 1. The molecular weight excluding hydrogens is 234 g/mol. The first-order valence-electron chi connectivity index (χ1n) is 7.43. The zero-order valence-corrected chi connectivity index (χ0v) is 12.5. The highest BCUT2D eigenvalue weighted by atomic mass is 16.3. The SMILES string of the molecule is CC(CN1CCC(C)(C)CC1)C(O)c1ccccc1. The molecule has 1 aromatic rings. The molecule has 2 atom stereocenters. The Bertz CT molecular complexity index is 378. The van der Waals surface area contributed by atoms with E-state index < -0.39 is 0 Å². The van der Waals surface area contributed by atoms with Crippen LogP contribution >= 0.6 is 0 Å². The molecule has 19 heavy (non-hydrogen) atoms. The molecule has 0 bridgehead atoms. The van der Waals surface area contributed by atoms with E-state index in [4.69, 9.17) is 0 Å². The van der Waals surface area contributed by atoms with Crippen molar-refractivity contribution < 1.29 is 5.11 Å². The van der Waals surface area contributed by atoms with Gasteiger partial charge in [-0.25, -0.2) is 0 Å². The minimum atomic E-state index is -0.351. The lowest BCUT2D eigenvalue weighted by molar-refractivity contribution is 0.0631. The van der Waals surface area contributed by atoms with Gasteiger partial charge < -0.3 is 10.0 Å². The molecule has 0 aliphatic carbocycles. The van der Waals surface area contributed by atoms with Crippen LogP contribution in [0.1, 0.15) is 45.3 Å². The summed E-state index contributed by atoms with van der Waals surface area (Å²) in [6.07, 6.45) is 2.18. The molecule has 1 fully saturated rings. The Hall–Kier alpha value is -0.860. The average Bonchev–Trinajstić information content (AvgIpc) is 2.41. The van der Waals surface area contributed by atoms with Crippen LogP contribution in [0.4, 0.5) is 0 Å². The number of benzene rings is 1. The minimum absolute atomic E-state index is 0.281. The third-order valence-electron chi connectivity index (χ3n) is 4.44. The summed E-state index contributed by atoms with van der Waals surface area (Å²) in [5, 5.41) is 10.4. The zero-order valence-electron chi connectivity index (χ0n) is 12.5. The standard InChI is InChI=1S/C17H27NO/c1-14(16(19)15-7-5-4-6-8-15)13-18-11-9-17(2,3)10-12-18/h4-8,14,16,19H,9-13H2,1-3H3. The number of aliphatic hydroxyl groups excluding tert-OH is 1. The molecular formula is C17H27NO. The highest BCUT2D eigenvalue weighted by Crippen LogP contribution is 2.31. The molecule has 2 heteroatoms. The van der Waals surface area contributed by atoms with E-state index in [0.717, 1.165) is 12.1 Å². The Labute approximate surface area is 117 Å². The molecule has 2 rings (SSSR count). The number of rotatable bonds is 4. The molecule has 0 radical (unpaired) electrons. The van der Waals surface area contributed by atoms with Crippen LogP contribution in [-0.2, 0) is 0 Å². The molecule has 0 spiro atoms. The van der Waals surface area contributed by atoms with Crippen LogP contribution in [0.2, 0.25) is 0 Å². The zero-order chi connectivity index (χ0) is 13.9. The lowest BCUT2D eigenvalue weighted by atomic mass is 9.82. The van der Waals surface area contributed by atoms with Gasteiger partial charge in [-0.05, 0) is 42.8 Å². The fourth-order valence-electron chi connectivity index (χ4n) is 2.83. The maximum Gasteiger partial charge on any atom is 0.0827 e. The summed E-state index contributed by atoms with van der Waals surface area (Å²) in [5.74, 6) is 0.281. The molecule has 1 aromatic carbocycles. The highest BCUT2D eigenvalue weighted by molar-refractivity contribution is 5.17. The largest absolute Gasteiger partial charge is 0.388 e. The number of hydrogen-bond donors (Lipinski definition) is 1. The lowest BCUT2D eigenvalue weighted by Gasteiger charge is -2.38. The van der Waals surface area contributed by atoms with Gasteiger partial charge in [0.1, 0.15) is 0 Å². The molecule has 1 heterocycles. The van der Waals surface area contributed by atoms with Crippen molar-refractivity contribution in [3.63, 3.8) is 0 Å². The third-order valence-corrected chi connectivity index (χ3v) is 4.44. The molecule has 1 aliphatic heterocycles. The first-order valence-corrected chi connectivity index (χ1v) is 7.43. The Morgan fingerprint density at radius 3 is 2.32 bits per heavy atom. The normalized spacial score (nSPS) is 22.9. The number of hydrogen-bond acceptors (Lipinski definition) is 2. The molecule has 106 valence electrons. The van der Waals surface area contributed by atoms with Crippen LogP contribution in [0, 0.1) is 11.3 Å². The topological polar surface area (TPSA) is 23.5 Å². The molecule has 2 nitrogen and oxygen atoms in total. The van der Waals surface area contributed by atoms with E-state index in [0.29, 0.717) is 5.41 Å². The summed E-state index contributed by atoms with van der Waals surface area (Å²) in [6.45, 7) is 10.2. The minimum Gasteiger partial charge on any atom is -0.388 e. The van der Waals surface area contributed by atoms with E-state index in [1.807, 2.05) is 30.3 Å². The van der Waals surface area contributed by atoms with Gasteiger partial charge >= 0.3 is 0 Å². The van der Waals surface area contributed by atoms with Gasteiger partial charge in [0.2, 0.25) is 0 Å². The Morgan fingerprint density at radius 1 is 1.16 bits per heavy atom. The van der Waals surface area contributed by atoms with Crippen molar-refractivity contribution in [2.24, 2.45) is 11.3 Å². The number of nitrogens with zero attached hydrogens (tertiary/aromatic N) is 1. The fourth-order valence-corrected chi connectivity index (χ4v) is 2.83. The first-order chi connectivity index (χ1) is 8.98. The van der Waals surface area contributed by atoms with Gasteiger partial charge in [-0.1, -0.05) is 51.1 Å². The van der Waals surface area contributed by atoms with Gasteiger partial charge in [-0.2, -0.15) is 0 Å². The summed E-state index contributed by atoms with van der Waals surface area (Å²) < 4.78 is 0. The van der Waals surface area contributed by atoms with E-state index in [2.05, 4.69) is 25.7 Å². The van der Waals surface area contributed by atoms with E-state index in [9.17, 15) is 5.11 Å². The quantitative estimate of drug-likeness (QED) is 0.897. The smallest absolute Gasteiger partial charge is 0.0827 e. The molecule has 1 aliphatic rings. The lowest BCUT2D eigenvalue weighted by Crippen LogP contribution is -2.40. The predicted molar refractivity (Wildman–Crippen MR) is 80.0 cm³/mol. The second kappa shape index (κ2) is 6.06. The van der Waals surface area contributed by atoms with Gasteiger partial charge in [0.05, 0.1) is 6.10 Å². The highest BCUT2D eigenvalue weighted by Gasteiger charge is 2.27. The van der Waals surface area contributed by atoms with Crippen LogP contribution in [-0.4, -0.2) is 29.6 Å². The van der Waals surface area contributed by atoms with E-state index in [1.165, 1.54) is 25.9 Å². The van der Waals surface area contributed by atoms with Crippen molar-refractivity contribution in [2.45, 2.75) is 39.7 Å². The molecule has 1 saturated heterocycles. The maximum absolute atomic E-state index is 10.4. The van der Waals surface area contributed by atoms with Gasteiger partial charge in [0, 0.05) is 6.54 Å². The van der Waals surface area contributed by atoms with Crippen molar-refractivity contribution in [2.75, 3.05) is 19.6 Å². The van der Waals surface area contributed by atoms with Crippen molar-refractivity contribution in [1.82, 2.24) is 4.90 Å². The Morgan fingerprint density at radius 2 is 1.74 bits per heavy atom. The number of aliphatic hydroxyl groups is 1. The van der Waals surface area contributed by atoms with Gasteiger partial charge in [0.25, 0.3) is 0 Å². The predicted octanol–water partition coefficient (Wildman–Crippen LogP) is 3.48. The van der Waals surface area contributed by atoms with Crippen LogP contribution in [0.3, 0.4) is 0 Å². The molecule has 0 amide bonds. The summed E-state index contributed by atoms with van der Waals surface area (Å²) in [6, 6.07) is 10.0. The van der Waals surface area contributed by atoms with Crippen molar-refractivity contribution >= 4 is 0 Å². The molecule has 1 N–H and O–H groups in total. The van der Waals surface area contributed by atoms with Crippen molar-refractivity contribution in [1.29, 1.82) is 0 Å². The molecule has 0 aromatic heterocycles. The van der Waals surface area contributed by atoms with Gasteiger partial charge in [0.15, 0.2) is 0 Å². The van der Waals surface area contributed by atoms with Crippen LogP contribution in [0.25, 0.3) is 0 Å². The second-order valence-corrected chi connectivity index (χ2v) is 6.80. The van der Waals surface area contributed by atoms with Gasteiger partial charge in [-0.3, -0.25) is 0 Å². The van der Waals surface area contributed by atoms with Crippen molar-refractivity contribution in [3.8, 4) is 0 Å². The summed E-state index contributed by atoms with van der Waals surface area (Å²) in [5.41, 5.74) is 1.53. The third kappa shape index (κ3) is 4.05. The van der Waals surface area contributed by atoms with E-state index in [1.54, 1.807) is 0 Å². The van der Waals surface area contributed by atoms with Crippen molar-refractivity contribution in [3.05, 3.63) is 35.9 Å². The average molecular weight is 261 g/mol. The Balaban J connectivity index is 1.86. The number of likely N-dealkylation sites (tertiary alicyclic amines) is 1. The first kappa shape index (κ1) is 14.5. The fraction of sp³-hybridized carbons (Fsp3) is 0.647. The summed E-state index contributed by atoms with van der Waals surface area (Å²) >= 11 is 0. The van der Waals surface area contributed by atoms with Gasteiger partial charge in [-0.15, -0.1) is 0 Å². The monoisotopic (exact) mass is 261 g/mol. The maximum atomic E-state index is 10.4. The molecule has 2 unspecified atom stereocenters. The van der Waals surface area contributed by atoms with Crippen LogP contribution in [0.15, 0.2) is 30.3 Å².